The van der Waals surface area contributed by atoms with Gasteiger partial charge in [-0.1, -0.05) is 0 Å². The zero-order chi connectivity index (χ0) is 11.5. The van der Waals surface area contributed by atoms with Gasteiger partial charge in [0, 0.05) is 29.5 Å². The van der Waals surface area contributed by atoms with Crippen LogP contribution in [0.15, 0.2) is 16.8 Å². The predicted octanol–water partition coefficient (Wildman–Crippen LogP) is 0.610. The highest BCUT2D eigenvalue weighted by Crippen LogP contribution is 2.25. The van der Waals surface area contributed by atoms with Crippen LogP contribution in [0.2, 0.25) is 0 Å². The van der Waals surface area contributed by atoms with Crippen molar-refractivity contribution < 1.29 is 15.0 Å². The molecule has 0 saturated heterocycles. The van der Waals surface area contributed by atoms with Gasteiger partial charge in [0.15, 0.2) is 0 Å². The molecule has 1 aromatic heterocycles. The summed E-state index contributed by atoms with van der Waals surface area (Å²) in [5.74, 6) is -0.204. The molecule has 0 unspecified atom stereocenters. The molecule has 5 heteroatoms. The first-order valence-corrected chi connectivity index (χ1v) is 6.27. The Labute approximate surface area is 97.9 Å². The van der Waals surface area contributed by atoms with Crippen molar-refractivity contribution in [2.45, 2.75) is 25.0 Å². The van der Waals surface area contributed by atoms with Gasteiger partial charge in [0.25, 0.3) is 5.91 Å². The minimum atomic E-state index is -0.502. The number of aliphatic hydroxyl groups is 2. The summed E-state index contributed by atoms with van der Waals surface area (Å²) in [6.07, 6.45) is 0.673. The quantitative estimate of drug-likeness (QED) is 0.726. The van der Waals surface area contributed by atoms with E-state index in [1.807, 2.05) is 5.38 Å². The van der Waals surface area contributed by atoms with Gasteiger partial charge >= 0.3 is 0 Å². The summed E-state index contributed by atoms with van der Waals surface area (Å²) in [5.41, 5.74) is 0.659. The van der Waals surface area contributed by atoms with E-state index in [9.17, 15) is 9.90 Å². The van der Waals surface area contributed by atoms with Gasteiger partial charge in [-0.15, -0.1) is 0 Å². The van der Waals surface area contributed by atoms with E-state index >= 15 is 0 Å². The number of carbonyl (C=O) groups excluding carboxylic acids is 1. The largest absolute Gasteiger partial charge is 0.396 e. The monoisotopic (exact) mass is 241 g/mol. The summed E-state index contributed by atoms with van der Waals surface area (Å²) in [6, 6.07) is 1.74. The zero-order valence-corrected chi connectivity index (χ0v) is 9.61. The third-order valence-corrected chi connectivity index (χ3v) is 3.69. The normalized spacial score (nSPS) is 29.2. The molecule has 0 bridgehead atoms. The number of hydrogen-bond donors (Lipinski definition) is 3. The van der Waals surface area contributed by atoms with Crippen molar-refractivity contribution in [1.82, 2.24) is 5.32 Å². The van der Waals surface area contributed by atoms with Crippen molar-refractivity contribution in [3.8, 4) is 0 Å². The lowest BCUT2D eigenvalue weighted by molar-refractivity contribution is 0.0903. The fourth-order valence-corrected chi connectivity index (χ4v) is 2.72. The highest BCUT2D eigenvalue weighted by molar-refractivity contribution is 7.08. The fraction of sp³-hybridized carbons (Fsp3) is 0.545. The molecule has 1 amide bonds. The van der Waals surface area contributed by atoms with Crippen LogP contribution in [-0.2, 0) is 0 Å². The summed E-state index contributed by atoms with van der Waals surface area (Å²) < 4.78 is 0. The summed E-state index contributed by atoms with van der Waals surface area (Å²) in [4.78, 5) is 11.7. The van der Waals surface area contributed by atoms with E-state index in [4.69, 9.17) is 5.11 Å². The van der Waals surface area contributed by atoms with Crippen molar-refractivity contribution in [3.05, 3.63) is 22.4 Å². The smallest absolute Gasteiger partial charge is 0.252 e. The number of thiophene rings is 1. The molecule has 88 valence electrons. The third kappa shape index (κ3) is 2.42. The summed E-state index contributed by atoms with van der Waals surface area (Å²) in [5, 5.41) is 25.1. The van der Waals surface area contributed by atoms with Crippen LogP contribution in [-0.4, -0.2) is 34.9 Å². The number of aliphatic hydroxyl groups excluding tert-OH is 2. The molecule has 0 spiro atoms. The maximum absolute atomic E-state index is 11.7. The van der Waals surface area contributed by atoms with Crippen LogP contribution in [0.1, 0.15) is 23.2 Å². The van der Waals surface area contributed by atoms with Gasteiger partial charge in [0.2, 0.25) is 0 Å². The van der Waals surface area contributed by atoms with Gasteiger partial charge in [-0.05, 0) is 24.3 Å². The van der Waals surface area contributed by atoms with Crippen LogP contribution in [0.25, 0.3) is 0 Å². The Kier molecular flexibility index (Phi) is 3.58. The van der Waals surface area contributed by atoms with Crippen LogP contribution >= 0.6 is 11.3 Å². The van der Waals surface area contributed by atoms with E-state index in [0.717, 1.165) is 0 Å². The second-order valence-corrected chi connectivity index (χ2v) is 4.94. The SMILES string of the molecule is O=C(N[C@@H]1C[C@@H](CO)[C@H](O)C1)c1ccsc1. The van der Waals surface area contributed by atoms with Crippen LogP contribution < -0.4 is 5.32 Å². The molecule has 0 radical (unpaired) electrons. The molecule has 16 heavy (non-hydrogen) atoms. The van der Waals surface area contributed by atoms with Crippen molar-refractivity contribution >= 4 is 17.2 Å². The second kappa shape index (κ2) is 4.95. The van der Waals surface area contributed by atoms with Crippen molar-refractivity contribution in [2.75, 3.05) is 6.61 Å². The Morgan fingerprint density at radius 1 is 1.56 bits per heavy atom. The third-order valence-electron chi connectivity index (χ3n) is 3.01. The Bertz CT molecular complexity index is 352. The topological polar surface area (TPSA) is 69.6 Å². The zero-order valence-electron chi connectivity index (χ0n) is 8.80. The van der Waals surface area contributed by atoms with Crippen LogP contribution in [0.4, 0.5) is 0 Å². The molecule has 0 aliphatic heterocycles. The number of amides is 1. The lowest BCUT2D eigenvalue weighted by Gasteiger charge is -2.11. The Morgan fingerprint density at radius 3 is 2.94 bits per heavy atom. The molecule has 3 atom stereocenters. The van der Waals surface area contributed by atoms with Gasteiger partial charge < -0.3 is 15.5 Å². The van der Waals surface area contributed by atoms with Gasteiger partial charge in [-0.2, -0.15) is 11.3 Å². The summed E-state index contributed by atoms with van der Waals surface area (Å²) in [7, 11) is 0. The maximum atomic E-state index is 11.7. The number of carbonyl (C=O) groups is 1. The minimum Gasteiger partial charge on any atom is -0.396 e. The molecule has 2 rings (SSSR count). The van der Waals surface area contributed by atoms with E-state index in [1.165, 1.54) is 11.3 Å². The maximum Gasteiger partial charge on any atom is 0.252 e. The number of hydrogen-bond acceptors (Lipinski definition) is 4. The Balaban J connectivity index is 1.90. The lowest BCUT2D eigenvalue weighted by Crippen LogP contribution is -2.33. The average Bonchev–Trinajstić information content (AvgIpc) is 2.87. The predicted molar refractivity (Wildman–Crippen MR) is 61.4 cm³/mol. The molecule has 1 aliphatic rings. The van der Waals surface area contributed by atoms with Crippen LogP contribution in [0.5, 0.6) is 0 Å². The fourth-order valence-electron chi connectivity index (χ4n) is 2.08. The van der Waals surface area contributed by atoms with E-state index in [1.54, 1.807) is 11.4 Å². The first kappa shape index (κ1) is 11.6. The Hall–Kier alpha value is -0.910. The highest BCUT2D eigenvalue weighted by Gasteiger charge is 2.33. The molecule has 4 nitrogen and oxygen atoms in total. The van der Waals surface area contributed by atoms with Crippen LogP contribution in [0.3, 0.4) is 0 Å². The van der Waals surface area contributed by atoms with Crippen LogP contribution in [0, 0.1) is 5.92 Å². The molecule has 3 N–H and O–H groups in total. The van der Waals surface area contributed by atoms with E-state index < -0.39 is 6.10 Å². The average molecular weight is 241 g/mol. The minimum absolute atomic E-state index is 0.0218. The molecule has 1 aromatic rings. The molecular formula is C11H15NO3S. The van der Waals surface area contributed by atoms with E-state index in [0.29, 0.717) is 18.4 Å². The van der Waals surface area contributed by atoms with E-state index in [2.05, 4.69) is 5.32 Å². The van der Waals surface area contributed by atoms with Crippen molar-refractivity contribution in [2.24, 2.45) is 5.92 Å². The molecule has 1 aliphatic carbocycles. The Morgan fingerprint density at radius 2 is 2.38 bits per heavy atom. The molecular weight excluding hydrogens is 226 g/mol. The second-order valence-electron chi connectivity index (χ2n) is 4.16. The molecule has 0 aromatic carbocycles. The standard InChI is InChI=1S/C11H15NO3S/c13-5-8-3-9(4-10(8)14)12-11(15)7-1-2-16-6-7/h1-2,6,8-10,13-14H,3-5H2,(H,12,15)/t8-,9+,10+/m0/s1. The van der Waals surface area contributed by atoms with Gasteiger partial charge in [-0.25, -0.2) is 0 Å². The molecule has 1 heterocycles. The summed E-state index contributed by atoms with van der Waals surface area (Å²) in [6.45, 7) is -0.0218. The molecule has 1 saturated carbocycles. The number of nitrogens with one attached hydrogen (secondary N) is 1. The summed E-state index contributed by atoms with van der Waals surface area (Å²) >= 11 is 1.48. The van der Waals surface area contributed by atoms with Crippen molar-refractivity contribution in [1.29, 1.82) is 0 Å². The van der Waals surface area contributed by atoms with Crippen molar-refractivity contribution in [3.63, 3.8) is 0 Å². The van der Waals surface area contributed by atoms with Gasteiger partial charge in [0.1, 0.15) is 0 Å². The molecule has 1 fully saturated rings. The lowest BCUT2D eigenvalue weighted by atomic mass is 10.1. The van der Waals surface area contributed by atoms with Gasteiger partial charge in [0.05, 0.1) is 6.10 Å². The number of rotatable bonds is 3. The first-order valence-electron chi connectivity index (χ1n) is 5.32. The van der Waals surface area contributed by atoms with E-state index in [-0.39, 0.29) is 24.5 Å². The highest BCUT2D eigenvalue weighted by atomic mass is 32.1. The first-order chi connectivity index (χ1) is 7.70. The van der Waals surface area contributed by atoms with Gasteiger partial charge in [-0.3, -0.25) is 4.79 Å².